The second-order valence-corrected chi connectivity index (χ2v) is 4.08. The van der Waals surface area contributed by atoms with Gasteiger partial charge in [0.2, 0.25) is 0 Å². The van der Waals surface area contributed by atoms with Crippen LogP contribution in [0.15, 0.2) is 18.2 Å². The van der Waals surface area contributed by atoms with Crippen molar-refractivity contribution < 1.29 is 19.4 Å². The molecule has 0 bridgehead atoms. The van der Waals surface area contributed by atoms with Gasteiger partial charge in [-0.2, -0.15) is 0 Å². The maximum absolute atomic E-state index is 12.4. The molecule has 0 aliphatic rings. The first-order chi connectivity index (χ1) is 9.17. The second-order valence-electron chi connectivity index (χ2n) is 4.08. The topological polar surface area (TPSA) is 59.0 Å². The van der Waals surface area contributed by atoms with Gasteiger partial charge in [-0.1, -0.05) is 6.92 Å². The van der Waals surface area contributed by atoms with E-state index in [-0.39, 0.29) is 12.5 Å². The molecule has 0 unspecified atom stereocenters. The van der Waals surface area contributed by atoms with Crippen molar-refractivity contribution in [2.75, 3.05) is 33.9 Å². The summed E-state index contributed by atoms with van der Waals surface area (Å²) in [6.45, 7) is 2.86. The Hall–Kier alpha value is -1.75. The first kappa shape index (κ1) is 15.3. The van der Waals surface area contributed by atoms with Gasteiger partial charge in [-0.15, -0.1) is 0 Å². The van der Waals surface area contributed by atoms with Crippen LogP contribution in [0.3, 0.4) is 0 Å². The Bertz CT molecular complexity index is 414. The van der Waals surface area contributed by atoms with Gasteiger partial charge in [0.1, 0.15) is 11.5 Å². The Labute approximate surface area is 113 Å². The number of hydrogen-bond acceptors (Lipinski definition) is 4. The summed E-state index contributed by atoms with van der Waals surface area (Å²) in [4.78, 5) is 14.0. The van der Waals surface area contributed by atoms with Crippen LogP contribution in [0.2, 0.25) is 0 Å². The van der Waals surface area contributed by atoms with Crippen molar-refractivity contribution in [2.45, 2.75) is 13.3 Å². The normalized spacial score (nSPS) is 10.1. The molecule has 0 aliphatic heterocycles. The number of ether oxygens (including phenoxy) is 2. The molecule has 0 atom stereocenters. The van der Waals surface area contributed by atoms with E-state index < -0.39 is 0 Å². The van der Waals surface area contributed by atoms with E-state index in [1.165, 1.54) is 7.11 Å². The number of benzene rings is 1. The molecular weight excluding hydrogens is 246 g/mol. The molecule has 0 saturated heterocycles. The lowest BCUT2D eigenvalue weighted by atomic mass is 10.1. The van der Waals surface area contributed by atoms with Crippen molar-refractivity contribution >= 4 is 5.91 Å². The maximum Gasteiger partial charge on any atom is 0.257 e. The molecule has 0 aliphatic carbocycles. The fraction of sp³-hybridized carbons (Fsp3) is 0.500. The lowest BCUT2D eigenvalue weighted by Crippen LogP contribution is -2.34. The summed E-state index contributed by atoms with van der Waals surface area (Å²) in [6.07, 6.45) is 0.838. The molecule has 5 heteroatoms. The van der Waals surface area contributed by atoms with E-state index in [0.29, 0.717) is 30.2 Å². The number of hydrogen-bond donors (Lipinski definition) is 1. The van der Waals surface area contributed by atoms with Gasteiger partial charge in [0, 0.05) is 19.2 Å². The third-order valence-electron chi connectivity index (χ3n) is 2.79. The number of aliphatic hydroxyl groups excluding tert-OH is 1. The third-order valence-corrected chi connectivity index (χ3v) is 2.79. The SMILES string of the molecule is CCCN(CCO)C(=O)c1ccc(OC)cc1OC. The molecule has 0 saturated carbocycles. The number of rotatable bonds is 7. The van der Waals surface area contributed by atoms with E-state index >= 15 is 0 Å². The smallest absolute Gasteiger partial charge is 0.257 e. The molecule has 106 valence electrons. The van der Waals surface area contributed by atoms with Crippen LogP contribution >= 0.6 is 0 Å². The Kier molecular flexibility index (Phi) is 6.15. The van der Waals surface area contributed by atoms with Gasteiger partial charge in [-0.3, -0.25) is 4.79 Å². The lowest BCUT2D eigenvalue weighted by molar-refractivity contribution is 0.0718. The van der Waals surface area contributed by atoms with Crippen LogP contribution < -0.4 is 9.47 Å². The molecule has 0 fully saturated rings. The molecule has 1 aromatic rings. The van der Waals surface area contributed by atoms with Crippen LogP contribution in [0, 0.1) is 0 Å². The van der Waals surface area contributed by atoms with Crippen LogP contribution in [0.4, 0.5) is 0 Å². The van der Waals surface area contributed by atoms with Crippen LogP contribution in [-0.2, 0) is 0 Å². The van der Waals surface area contributed by atoms with E-state index in [1.54, 1.807) is 30.2 Å². The van der Waals surface area contributed by atoms with E-state index in [4.69, 9.17) is 14.6 Å². The Morgan fingerprint density at radius 1 is 1.26 bits per heavy atom. The molecule has 1 N–H and O–H groups in total. The fourth-order valence-electron chi connectivity index (χ4n) is 1.85. The minimum absolute atomic E-state index is 0.0514. The molecular formula is C14H21NO4. The molecule has 1 amide bonds. The standard InChI is InChI=1S/C14H21NO4/c1-4-7-15(8-9-16)14(17)12-6-5-11(18-2)10-13(12)19-3/h5-6,10,16H,4,7-9H2,1-3H3. The number of amides is 1. The van der Waals surface area contributed by atoms with Gasteiger partial charge >= 0.3 is 0 Å². The monoisotopic (exact) mass is 267 g/mol. The van der Waals surface area contributed by atoms with Crippen molar-refractivity contribution in [2.24, 2.45) is 0 Å². The molecule has 1 aromatic carbocycles. The largest absolute Gasteiger partial charge is 0.497 e. The van der Waals surface area contributed by atoms with E-state index in [9.17, 15) is 4.79 Å². The van der Waals surface area contributed by atoms with Crippen molar-refractivity contribution in [3.63, 3.8) is 0 Å². The molecule has 0 heterocycles. The van der Waals surface area contributed by atoms with Gasteiger partial charge in [-0.25, -0.2) is 0 Å². The minimum Gasteiger partial charge on any atom is -0.497 e. The quantitative estimate of drug-likeness (QED) is 0.814. The predicted molar refractivity (Wildman–Crippen MR) is 72.8 cm³/mol. The van der Waals surface area contributed by atoms with Crippen LogP contribution in [-0.4, -0.2) is 49.8 Å². The van der Waals surface area contributed by atoms with Gasteiger partial charge in [-0.05, 0) is 18.6 Å². The van der Waals surface area contributed by atoms with Gasteiger partial charge < -0.3 is 19.5 Å². The van der Waals surface area contributed by atoms with Crippen molar-refractivity contribution in [1.82, 2.24) is 4.90 Å². The van der Waals surface area contributed by atoms with Crippen molar-refractivity contribution in [1.29, 1.82) is 0 Å². The summed E-state index contributed by atoms with van der Waals surface area (Å²) >= 11 is 0. The van der Waals surface area contributed by atoms with E-state index in [0.717, 1.165) is 6.42 Å². The van der Waals surface area contributed by atoms with E-state index in [2.05, 4.69) is 0 Å². The lowest BCUT2D eigenvalue weighted by Gasteiger charge is -2.22. The molecule has 0 radical (unpaired) electrons. The first-order valence-corrected chi connectivity index (χ1v) is 6.30. The summed E-state index contributed by atoms with van der Waals surface area (Å²) in [6, 6.07) is 5.08. The van der Waals surface area contributed by atoms with Crippen molar-refractivity contribution in [3.05, 3.63) is 23.8 Å². The number of methoxy groups -OCH3 is 2. The van der Waals surface area contributed by atoms with Crippen LogP contribution in [0.5, 0.6) is 11.5 Å². The third kappa shape index (κ3) is 3.86. The summed E-state index contributed by atoms with van der Waals surface area (Å²) in [5.74, 6) is 0.969. The summed E-state index contributed by atoms with van der Waals surface area (Å²) in [5.41, 5.74) is 0.477. The first-order valence-electron chi connectivity index (χ1n) is 6.30. The molecule has 5 nitrogen and oxygen atoms in total. The molecule has 0 spiro atoms. The number of carbonyl (C=O) groups is 1. The Balaban J connectivity index is 3.02. The van der Waals surface area contributed by atoms with Gasteiger partial charge in [0.25, 0.3) is 5.91 Å². The molecule has 19 heavy (non-hydrogen) atoms. The highest BCUT2D eigenvalue weighted by molar-refractivity contribution is 5.97. The second kappa shape index (κ2) is 7.63. The van der Waals surface area contributed by atoms with Gasteiger partial charge in [0.05, 0.1) is 26.4 Å². The summed E-state index contributed by atoms with van der Waals surface area (Å²) in [5, 5.41) is 9.02. The highest BCUT2D eigenvalue weighted by Crippen LogP contribution is 2.25. The Morgan fingerprint density at radius 3 is 2.53 bits per heavy atom. The number of aliphatic hydroxyl groups is 1. The zero-order valence-corrected chi connectivity index (χ0v) is 11.7. The van der Waals surface area contributed by atoms with Crippen LogP contribution in [0.1, 0.15) is 23.7 Å². The number of nitrogens with zero attached hydrogens (tertiary/aromatic N) is 1. The summed E-state index contributed by atoms with van der Waals surface area (Å²) in [7, 11) is 3.08. The highest BCUT2D eigenvalue weighted by Gasteiger charge is 2.19. The van der Waals surface area contributed by atoms with E-state index in [1.807, 2.05) is 6.92 Å². The zero-order chi connectivity index (χ0) is 14.3. The minimum atomic E-state index is -0.143. The Morgan fingerprint density at radius 2 is 2.00 bits per heavy atom. The molecule has 1 rings (SSSR count). The summed E-state index contributed by atoms with van der Waals surface area (Å²) < 4.78 is 10.3. The van der Waals surface area contributed by atoms with Gasteiger partial charge in [0.15, 0.2) is 0 Å². The van der Waals surface area contributed by atoms with Crippen LogP contribution in [0.25, 0.3) is 0 Å². The average molecular weight is 267 g/mol. The highest BCUT2D eigenvalue weighted by atomic mass is 16.5. The number of carbonyl (C=O) groups excluding carboxylic acids is 1. The average Bonchev–Trinajstić information content (AvgIpc) is 2.45. The fourth-order valence-corrected chi connectivity index (χ4v) is 1.85. The zero-order valence-electron chi connectivity index (χ0n) is 11.7. The molecule has 0 aromatic heterocycles. The van der Waals surface area contributed by atoms with Crippen molar-refractivity contribution in [3.8, 4) is 11.5 Å². The predicted octanol–water partition coefficient (Wildman–Crippen LogP) is 1.55. The maximum atomic E-state index is 12.4.